The van der Waals surface area contributed by atoms with E-state index in [4.69, 9.17) is 4.74 Å². The first-order valence-electron chi connectivity index (χ1n) is 6.26. The minimum atomic E-state index is -0.129. The summed E-state index contributed by atoms with van der Waals surface area (Å²) >= 11 is 0. The molecule has 0 aliphatic rings. The van der Waals surface area contributed by atoms with Gasteiger partial charge in [-0.2, -0.15) is 5.10 Å². The van der Waals surface area contributed by atoms with Gasteiger partial charge in [-0.05, 0) is 39.3 Å². The summed E-state index contributed by atoms with van der Waals surface area (Å²) in [6.07, 6.45) is 3.90. The number of hydrogen-bond donors (Lipinski definition) is 1. The van der Waals surface area contributed by atoms with Gasteiger partial charge >= 0.3 is 0 Å². The normalized spacial score (nSPS) is 13.9. The second-order valence-electron chi connectivity index (χ2n) is 5.05. The Kier molecular flexibility index (Phi) is 5.15. The Labute approximate surface area is 104 Å². The third-order valence-electron chi connectivity index (χ3n) is 3.10. The highest BCUT2D eigenvalue weighted by Gasteiger charge is 2.25. The average Bonchev–Trinajstić information content (AvgIpc) is 2.70. The van der Waals surface area contributed by atoms with Crippen molar-refractivity contribution < 1.29 is 4.74 Å². The highest BCUT2D eigenvalue weighted by molar-refractivity contribution is 5.07. The van der Waals surface area contributed by atoms with Gasteiger partial charge < -0.3 is 10.1 Å². The second-order valence-corrected chi connectivity index (χ2v) is 5.05. The second kappa shape index (κ2) is 6.17. The van der Waals surface area contributed by atoms with Crippen LogP contribution in [-0.4, -0.2) is 29.0 Å². The topological polar surface area (TPSA) is 39.1 Å². The number of nitrogens with zero attached hydrogens (tertiary/aromatic N) is 2. The maximum absolute atomic E-state index is 5.52. The molecule has 0 aliphatic heterocycles. The van der Waals surface area contributed by atoms with Crippen molar-refractivity contribution in [3.05, 3.63) is 18.0 Å². The summed E-state index contributed by atoms with van der Waals surface area (Å²) in [5, 5.41) is 7.80. The molecule has 1 N–H and O–H groups in total. The summed E-state index contributed by atoms with van der Waals surface area (Å²) < 4.78 is 7.45. The molecule has 0 aromatic carbocycles. The molecule has 17 heavy (non-hydrogen) atoms. The average molecular weight is 239 g/mol. The van der Waals surface area contributed by atoms with Crippen LogP contribution >= 0.6 is 0 Å². The Morgan fingerprint density at radius 3 is 2.71 bits per heavy atom. The molecule has 1 atom stereocenters. The van der Waals surface area contributed by atoms with Gasteiger partial charge in [0.2, 0.25) is 0 Å². The monoisotopic (exact) mass is 239 g/mol. The van der Waals surface area contributed by atoms with E-state index in [1.165, 1.54) is 5.69 Å². The van der Waals surface area contributed by atoms with Gasteiger partial charge in [0.05, 0.1) is 17.3 Å². The Bertz CT molecular complexity index is 333. The molecule has 0 fully saturated rings. The number of aryl methyl sites for hydroxylation is 1. The number of ether oxygens (including phenoxy) is 1. The number of hydrogen-bond acceptors (Lipinski definition) is 3. The highest BCUT2D eigenvalue weighted by Crippen LogP contribution is 2.25. The van der Waals surface area contributed by atoms with E-state index >= 15 is 0 Å². The number of nitrogens with one attached hydrogen (secondary N) is 1. The van der Waals surface area contributed by atoms with Crippen molar-refractivity contribution in [1.82, 2.24) is 15.1 Å². The fourth-order valence-electron chi connectivity index (χ4n) is 1.90. The van der Waals surface area contributed by atoms with Crippen LogP contribution in [0.1, 0.15) is 45.3 Å². The Morgan fingerprint density at radius 1 is 1.53 bits per heavy atom. The molecule has 1 rings (SSSR count). The van der Waals surface area contributed by atoms with Crippen LogP contribution in [0.3, 0.4) is 0 Å². The highest BCUT2D eigenvalue weighted by atomic mass is 16.5. The van der Waals surface area contributed by atoms with Crippen molar-refractivity contribution in [2.75, 3.05) is 13.7 Å². The lowest BCUT2D eigenvalue weighted by atomic mass is 9.96. The smallest absolute Gasteiger partial charge is 0.0641 e. The van der Waals surface area contributed by atoms with Crippen LogP contribution in [0.5, 0.6) is 0 Å². The van der Waals surface area contributed by atoms with Crippen molar-refractivity contribution in [2.45, 2.75) is 45.3 Å². The third-order valence-corrected chi connectivity index (χ3v) is 3.10. The van der Waals surface area contributed by atoms with Crippen molar-refractivity contribution in [3.63, 3.8) is 0 Å². The number of aromatic nitrogens is 2. The largest absolute Gasteiger partial charge is 0.379 e. The lowest BCUT2D eigenvalue weighted by Gasteiger charge is -2.29. The molecule has 0 spiro atoms. The van der Waals surface area contributed by atoms with Crippen LogP contribution in [-0.2, 0) is 11.8 Å². The zero-order valence-electron chi connectivity index (χ0n) is 11.7. The molecule has 4 heteroatoms. The first-order chi connectivity index (χ1) is 8.00. The molecular weight excluding hydrogens is 214 g/mol. The Morgan fingerprint density at radius 2 is 2.24 bits per heavy atom. The van der Waals surface area contributed by atoms with E-state index in [0.29, 0.717) is 0 Å². The van der Waals surface area contributed by atoms with Crippen LogP contribution in [0, 0.1) is 0 Å². The molecule has 0 aliphatic carbocycles. The fraction of sp³-hybridized carbons (Fsp3) is 0.769. The quantitative estimate of drug-likeness (QED) is 0.793. The Hall–Kier alpha value is -0.870. The van der Waals surface area contributed by atoms with E-state index in [2.05, 4.69) is 37.3 Å². The number of rotatable bonds is 7. The molecule has 0 amide bonds. The van der Waals surface area contributed by atoms with Gasteiger partial charge in [-0.25, -0.2) is 0 Å². The molecule has 1 unspecified atom stereocenters. The van der Waals surface area contributed by atoms with E-state index in [0.717, 1.165) is 19.4 Å². The number of methoxy groups -OCH3 is 1. The lowest BCUT2D eigenvalue weighted by molar-refractivity contribution is 0.00621. The van der Waals surface area contributed by atoms with Crippen LogP contribution in [0.25, 0.3) is 0 Å². The van der Waals surface area contributed by atoms with Crippen LogP contribution in [0.4, 0.5) is 0 Å². The first-order valence-corrected chi connectivity index (χ1v) is 6.26. The maximum atomic E-state index is 5.52. The van der Waals surface area contributed by atoms with E-state index in [1.54, 1.807) is 7.11 Å². The van der Waals surface area contributed by atoms with Gasteiger partial charge in [0, 0.05) is 20.4 Å². The molecule has 1 aromatic heterocycles. The minimum absolute atomic E-state index is 0.129. The van der Waals surface area contributed by atoms with Crippen molar-refractivity contribution in [1.29, 1.82) is 0 Å². The van der Waals surface area contributed by atoms with E-state index in [9.17, 15) is 0 Å². The lowest BCUT2D eigenvalue weighted by Crippen LogP contribution is -2.33. The predicted octanol–water partition coefficient (Wildman–Crippen LogP) is 2.28. The van der Waals surface area contributed by atoms with Gasteiger partial charge in [0.15, 0.2) is 0 Å². The van der Waals surface area contributed by atoms with E-state index in [-0.39, 0.29) is 11.6 Å². The summed E-state index contributed by atoms with van der Waals surface area (Å²) in [6, 6.07) is 2.36. The summed E-state index contributed by atoms with van der Waals surface area (Å²) in [5.74, 6) is 0. The van der Waals surface area contributed by atoms with Crippen molar-refractivity contribution in [3.8, 4) is 0 Å². The molecule has 98 valence electrons. The molecule has 0 bridgehead atoms. The molecule has 0 radical (unpaired) electrons. The summed E-state index contributed by atoms with van der Waals surface area (Å²) in [6.45, 7) is 7.42. The van der Waals surface area contributed by atoms with Gasteiger partial charge in [-0.15, -0.1) is 0 Å². The first kappa shape index (κ1) is 14.2. The molecule has 4 nitrogen and oxygen atoms in total. The zero-order valence-corrected chi connectivity index (χ0v) is 11.7. The zero-order chi connectivity index (χ0) is 12.9. The maximum Gasteiger partial charge on any atom is 0.0641 e. The van der Waals surface area contributed by atoms with Gasteiger partial charge in [0.1, 0.15) is 0 Å². The van der Waals surface area contributed by atoms with E-state index < -0.39 is 0 Å². The van der Waals surface area contributed by atoms with Gasteiger partial charge in [-0.3, -0.25) is 4.68 Å². The molecule has 0 saturated heterocycles. The fourth-order valence-corrected chi connectivity index (χ4v) is 1.90. The van der Waals surface area contributed by atoms with E-state index in [1.807, 2.05) is 17.9 Å². The molecule has 0 saturated carbocycles. The van der Waals surface area contributed by atoms with Gasteiger partial charge in [-0.1, -0.05) is 6.92 Å². The van der Waals surface area contributed by atoms with Gasteiger partial charge in [0.25, 0.3) is 0 Å². The molecular formula is C13H25N3O. The standard InChI is InChI=1S/C13H25N3O/c1-6-8-14-11(10-13(2,3)17-5)12-7-9-15-16(12)4/h7,9,11,14H,6,8,10H2,1-5H3. The predicted molar refractivity (Wildman–Crippen MR) is 69.9 cm³/mol. The minimum Gasteiger partial charge on any atom is -0.379 e. The van der Waals surface area contributed by atoms with Crippen LogP contribution < -0.4 is 5.32 Å². The van der Waals surface area contributed by atoms with Crippen LogP contribution in [0.2, 0.25) is 0 Å². The molecule has 1 aromatic rings. The molecule has 1 heterocycles. The summed E-state index contributed by atoms with van der Waals surface area (Å²) in [5.41, 5.74) is 1.08. The van der Waals surface area contributed by atoms with Crippen molar-refractivity contribution in [2.24, 2.45) is 7.05 Å². The summed E-state index contributed by atoms with van der Waals surface area (Å²) in [4.78, 5) is 0. The van der Waals surface area contributed by atoms with Crippen molar-refractivity contribution >= 4 is 0 Å². The SMILES string of the molecule is CCCNC(CC(C)(C)OC)c1ccnn1C. The third kappa shape index (κ3) is 4.13. The van der Waals surface area contributed by atoms with Crippen LogP contribution in [0.15, 0.2) is 12.3 Å². The Balaban J connectivity index is 2.77. The summed E-state index contributed by atoms with van der Waals surface area (Å²) in [7, 11) is 3.75.